The number of rotatable bonds is 5. The first-order valence-corrected chi connectivity index (χ1v) is 6.87. The second-order valence-electron chi connectivity index (χ2n) is 6.25. The van der Waals surface area contributed by atoms with Crippen LogP contribution in [0.3, 0.4) is 0 Å². The molecule has 0 bridgehead atoms. The number of aliphatic carboxylic acids is 1. The van der Waals surface area contributed by atoms with Crippen LogP contribution < -0.4 is 5.32 Å². The molecule has 0 aliphatic carbocycles. The number of carbonyl (C=O) groups excluding carboxylic acids is 1. The number of carboxylic acid groups (broad SMARTS) is 1. The molecule has 0 unspecified atom stereocenters. The highest BCUT2D eigenvalue weighted by atomic mass is 16.4. The van der Waals surface area contributed by atoms with Crippen LogP contribution >= 0.6 is 0 Å². The highest BCUT2D eigenvalue weighted by Gasteiger charge is 2.52. The summed E-state index contributed by atoms with van der Waals surface area (Å²) in [5, 5.41) is 22.3. The highest BCUT2D eigenvalue weighted by molar-refractivity contribution is 5.94. The number of carboxylic acids is 1. The molecule has 0 radical (unpaired) electrons. The van der Waals surface area contributed by atoms with Crippen LogP contribution in [0, 0.1) is 10.8 Å². The Morgan fingerprint density at radius 3 is 2.10 bits per heavy atom. The first-order valence-electron chi connectivity index (χ1n) is 6.87. The van der Waals surface area contributed by atoms with Crippen LogP contribution in [-0.2, 0) is 4.79 Å². The molecule has 3 N–H and O–H groups in total. The van der Waals surface area contributed by atoms with E-state index < -0.39 is 22.9 Å². The SMILES string of the molecule is C[C@@H](O)[C@](CNC(=O)c1ccccc1)(C(=O)O)C(C)(C)C. The van der Waals surface area contributed by atoms with Crippen molar-refractivity contribution >= 4 is 11.9 Å². The number of aliphatic hydroxyl groups is 1. The molecule has 0 saturated carbocycles. The maximum Gasteiger partial charge on any atom is 0.314 e. The van der Waals surface area contributed by atoms with Gasteiger partial charge in [-0.2, -0.15) is 0 Å². The van der Waals surface area contributed by atoms with Crippen LogP contribution in [0.25, 0.3) is 0 Å². The van der Waals surface area contributed by atoms with Crippen molar-refractivity contribution in [1.82, 2.24) is 5.32 Å². The Morgan fingerprint density at radius 1 is 1.19 bits per heavy atom. The molecule has 0 heterocycles. The third kappa shape index (κ3) is 3.42. The average Bonchev–Trinajstić information content (AvgIpc) is 2.37. The summed E-state index contributed by atoms with van der Waals surface area (Å²) in [5.74, 6) is -1.48. The van der Waals surface area contributed by atoms with Crippen LogP contribution in [0.15, 0.2) is 30.3 Å². The summed E-state index contributed by atoms with van der Waals surface area (Å²) in [6.45, 7) is 6.51. The fraction of sp³-hybridized carbons (Fsp3) is 0.500. The summed E-state index contributed by atoms with van der Waals surface area (Å²) in [5.41, 5.74) is -1.73. The summed E-state index contributed by atoms with van der Waals surface area (Å²) < 4.78 is 0. The summed E-state index contributed by atoms with van der Waals surface area (Å²) >= 11 is 0. The van der Waals surface area contributed by atoms with Crippen molar-refractivity contribution in [3.8, 4) is 0 Å². The zero-order chi connectivity index (χ0) is 16.3. The monoisotopic (exact) mass is 293 g/mol. The average molecular weight is 293 g/mol. The molecule has 5 heteroatoms. The number of hydrogen-bond donors (Lipinski definition) is 3. The quantitative estimate of drug-likeness (QED) is 0.774. The van der Waals surface area contributed by atoms with Crippen LogP contribution in [0.2, 0.25) is 0 Å². The minimum Gasteiger partial charge on any atom is -0.481 e. The first kappa shape index (κ1) is 17.2. The lowest BCUT2D eigenvalue weighted by Crippen LogP contribution is -2.57. The van der Waals surface area contributed by atoms with Crippen molar-refractivity contribution in [1.29, 1.82) is 0 Å². The molecule has 0 spiro atoms. The Hall–Kier alpha value is -1.88. The molecule has 0 aliphatic heterocycles. The molecule has 1 aromatic rings. The van der Waals surface area contributed by atoms with Crippen molar-refractivity contribution in [2.24, 2.45) is 10.8 Å². The van der Waals surface area contributed by atoms with Crippen molar-refractivity contribution in [3.05, 3.63) is 35.9 Å². The van der Waals surface area contributed by atoms with Gasteiger partial charge in [0, 0.05) is 12.1 Å². The minimum absolute atomic E-state index is 0.142. The molecule has 1 amide bonds. The Balaban J connectivity index is 2.99. The van der Waals surface area contributed by atoms with Gasteiger partial charge in [-0.1, -0.05) is 39.0 Å². The van der Waals surface area contributed by atoms with Crippen molar-refractivity contribution in [3.63, 3.8) is 0 Å². The van der Waals surface area contributed by atoms with Crippen molar-refractivity contribution < 1.29 is 19.8 Å². The molecule has 1 aromatic carbocycles. The number of nitrogens with one attached hydrogen (secondary N) is 1. The lowest BCUT2D eigenvalue weighted by molar-refractivity contribution is -0.166. The number of amides is 1. The van der Waals surface area contributed by atoms with Gasteiger partial charge in [0.2, 0.25) is 0 Å². The van der Waals surface area contributed by atoms with Gasteiger partial charge in [0.25, 0.3) is 5.91 Å². The van der Waals surface area contributed by atoms with Crippen molar-refractivity contribution in [2.45, 2.75) is 33.8 Å². The molecular weight excluding hydrogens is 270 g/mol. The van der Waals surface area contributed by atoms with Gasteiger partial charge in [-0.15, -0.1) is 0 Å². The number of hydrogen-bond acceptors (Lipinski definition) is 3. The molecule has 2 atom stereocenters. The maximum absolute atomic E-state index is 12.1. The van der Waals surface area contributed by atoms with E-state index in [1.165, 1.54) is 6.92 Å². The third-order valence-corrected chi connectivity index (χ3v) is 4.00. The van der Waals surface area contributed by atoms with Gasteiger partial charge >= 0.3 is 5.97 Å². The highest BCUT2D eigenvalue weighted by Crippen LogP contribution is 2.41. The fourth-order valence-corrected chi connectivity index (χ4v) is 2.53. The second kappa shape index (κ2) is 6.26. The van der Waals surface area contributed by atoms with Crippen LogP contribution in [0.5, 0.6) is 0 Å². The molecule has 0 saturated heterocycles. The molecule has 5 nitrogen and oxygen atoms in total. The molecular formula is C16H23NO4. The zero-order valence-corrected chi connectivity index (χ0v) is 12.9. The topological polar surface area (TPSA) is 86.6 Å². The lowest BCUT2D eigenvalue weighted by atomic mass is 9.63. The summed E-state index contributed by atoms with van der Waals surface area (Å²) in [4.78, 5) is 23.8. The van der Waals surface area contributed by atoms with Gasteiger partial charge in [0.05, 0.1) is 6.10 Å². The van der Waals surface area contributed by atoms with E-state index in [-0.39, 0.29) is 12.5 Å². The van der Waals surface area contributed by atoms with E-state index in [2.05, 4.69) is 5.32 Å². The maximum atomic E-state index is 12.1. The smallest absolute Gasteiger partial charge is 0.314 e. The molecule has 0 fully saturated rings. The summed E-state index contributed by atoms with van der Waals surface area (Å²) in [7, 11) is 0. The molecule has 21 heavy (non-hydrogen) atoms. The Morgan fingerprint density at radius 2 is 1.71 bits per heavy atom. The van der Waals surface area contributed by atoms with Crippen LogP contribution in [-0.4, -0.2) is 34.7 Å². The van der Waals surface area contributed by atoms with Crippen LogP contribution in [0.1, 0.15) is 38.1 Å². The predicted octanol–water partition coefficient (Wildman–Crippen LogP) is 1.91. The van der Waals surface area contributed by atoms with Gasteiger partial charge in [-0.05, 0) is 24.5 Å². The van der Waals surface area contributed by atoms with E-state index in [1.807, 2.05) is 0 Å². The molecule has 0 aromatic heterocycles. The van der Waals surface area contributed by atoms with E-state index in [4.69, 9.17) is 0 Å². The normalized spacial score (nSPS) is 15.9. The van der Waals surface area contributed by atoms with E-state index in [9.17, 15) is 19.8 Å². The predicted molar refractivity (Wildman–Crippen MR) is 80.0 cm³/mol. The van der Waals surface area contributed by atoms with E-state index in [1.54, 1.807) is 51.1 Å². The fourth-order valence-electron chi connectivity index (χ4n) is 2.53. The van der Waals surface area contributed by atoms with Gasteiger partial charge in [0.1, 0.15) is 5.41 Å². The van der Waals surface area contributed by atoms with Crippen molar-refractivity contribution in [2.75, 3.05) is 6.54 Å². The van der Waals surface area contributed by atoms with E-state index >= 15 is 0 Å². The van der Waals surface area contributed by atoms with Gasteiger partial charge in [0.15, 0.2) is 0 Å². The van der Waals surface area contributed by atoms with E-state index in [0.717, 1.165) is 0 Å². The number of aliphatic hydroxyl groups excluding tert-OH is 1. The Bertz CT molecular complexity index is 505. The van der Waals surface area contributed by atoms with Gasteiger partial charge < -0.3 is 15.5 Å². The lowest BCUT2D eigenvalue weighted by Gasteiger charge is -2.43. The van der Waals surface area contributed by atoms with E-state index in [0.29, 0.717) is 5.56 Å². The Labute approximate surface area is 125 Å². The summed E-state index contributed by atoms with van der Waals surface area (Å²) in [6, 6.07) is 8.56. The molecule has 116 valence electrons. The largest absolute Gasteiger partial charge is 0.481 e. The Kier molecular flexibility index (Phi) is 5.12. The zero-order valence-electron chi connectivity index (χ0n) is 12.9. The van der Waals surface area contributed by atoms with Crippen LogP contribution in [0.4, 0.5) is 0 Å². The second-order valence-corrected chi connectivity index (χ2v) is 6.25. The van der Waals surface area contributed by atoms with Gasteiger partial charge in [-0.3, -0.25) is 9.59 Å². The first-order chi connectivity index (χ1) is 9.63. The number of carbonyl (C=O) groups is 2. The minimum atomic E-state index is -1.46. The molecule has 0 aliphatic rings. The van der Waals surface area contributed by atoms with Gasteiger partial charge in [-0.25, -0.2) is 0 Å². The third-order valence-electron chi connectivity index (χ3n) is 4.00. The summed E-state index contributed by atoms with van der Waals surface area (Å²) in [6.07, 6.45) is -1.11. The molecule has 1 rings (SSSR count). The standard InChI is InChI=1S/C16H23NO4/c1-11(18)16(14(20)21,15(2,3)4)10-17-13(19)12-8-6-5-7-9-12/h5-9,11,18H,10H2,1-4H3,(H,17,19)(H,20,21)/t11-,16-/m1/s1. The number of benzene rings is 1.